The fraction of sp³-hybridized carbons (Fsp3) is 0.172. The van der Waals surface area contributed by atoms with Crippen LogP contribution in [-0.4, -0.2) is 37.0 Å². The second kappa shape index (κ2) is 12.2. The molecule has 0 aliphatic carbocycles. The Morgan fingerprint density at radius 2 is 1.68 bits per heavy atom. The molecule has 0 radical (unpaired) electrons. The summed E-state index contributed by atoms with van der Waals surface area (Å²) in [6.07, 6.45) is 1.26. The van der Waals surface area contributed by atoms with Crippen molar-refractivity contribution in [3.63, 3.8) is 0 Å². The van der Waals surface area contributed by atoms with Crippen molar-refractivity contribution >= 4 is 64.4 Å². The molecule has 4 rings (SSSR count). The number of nitrogens with zero attached hydrogens (tertiary/aromatic N) is 1. The van der Waals surface area contributed by atoms with Crippen LogP contribution in [0.15, 0.2) is 60.2 Å². The number of amides is 5. The fourth-order valence-electron chi connectivity index (χ4n) is 3.93. The summed E-state index contributed by atoms with van der Waals surface area (Å²) >= 11 is 12.7. The number of ether oxygens (including phenoxy) is 2. The predicted molar refractivity (Wildman–Crippen MR) is 153 cm³/mol. The molecule has 0 spiro atoms. The molecule has 1 heterocycles. The first-order chi connectivity index (χ1) is 19.1. The van der Waals surface area contributed by atoms with Crippen LogP contribution in [0.1, 0.15) is 23.6 Å². The quantitative estimate of drug-likeness (QED) is 0.261. The summed E-state index contributed by atoms with van der Waals surface area (Å²) in [6.45, 7) is 5.78. The van der Waals surface area contributed by atoms with Crippen molar-refractivity contribution in [2.24, 2.45) is 0 Å². The van der Waals surface area contributed by atoms with Crippen molar-refractivity contribution in [2.45, 2.75) is 20.8 Å². The van der Waals surface area contributed by atoms with Crippen LogP contribution in [-0.2, 0) is 14.4 Å². The summed E-state index contributed by atoms with van der Waals surface area (Å²) < 4.78 is 11.0. The monoisotopic (exact) mass is 581 g/mol. The van der Waals surface area contributed by atoms with Crippen LogP contribution >= 0.6 is 23.2 Å². The Bertz CT molecular complexity index is 1510. The molecule has 0 atom stereocenters. The number of urea groups is 1. The van der Waals surface area contributed by atoms with Crippen LogP contribution in [0, 0.1) is 13.8 Å². The van der Waals surface area contributed by atoms with E-state index in [1.807, 2.05) is 32.9 Å². The Hall–Kier alpha value is -4.34. The van der Waals surface area contributed by atoms with Gasteiger partial charge in [-0.2, -0.15) is 0 Å². The number of benzene rings is 3. The second-order valence-corrected chi connectivity index (χ2v) is 9.60. The number of halogens is 2. The Morgan fingerprint density at radius 1 is 1.00 bits per heavy atom. The van der Waals surface area contributed by atoms with Gasteiger partial charge < -0.3 is 14.8 Å². The predicted octanol–water partition coefficient (Wildman–Crippen LogP) is 5.69. The van der Waals surface area contributed by atoms with E-state index in [2.05, 4.69) is 10.6 Å². The van der Waals surface area contributed by atoms with Crippen molar-refractivity contribution in [2.75, 3.05) is 23.4 Å². The molecule has 1 aliphatic heterocycles. The Kier molecular flexibility index (Phi) is 8.77. The Balaban J connectivity index is 1.51. The number of hydrogen-bond donors (Lipinski definition) is 2. The van der Waals surface area contributed by atoms with Crippen LogP contribution in [0.4, 0.5) is 16.2 Å². The maximum absolute atomic E-state index is 13.2. The molecule has 0 saturated carbocycles. The van der Waals surface area contributed by atoms with Gasteiger partial charge in [0.05, 0.1) is 22.3 Å². The van der Waals surface area contributed by atoms with E-state index in [1.54, 1.807) is 18.2 Å². The largest absolute Gasteiger partial charge is 0.494 e. The van der Waals surface area contributed by atoms with Gasteiger partial charge in [-0.15, -0.1) is 0 Å². The summed E-state index contributed by atoms with van der Waals surface area (Å²) in [5, 5.41) is 5.06. The van der Waals surface area contributed by atoms with Gasteiger partial charge >= 0.3 is 6.03 Å². The van der Waals surface area contributed by atoms with Gasteiger partial charge in [0.2, 0.25) is 0 Å². The molecule has 1 aliphatic rings. The third kappa shape index (κ3) is 6.27. The molecule has 3 aromatic carbocycles. The number of hydrogen-bond acceptors (Lipinski definition) is 6. The molecule has 1 fully saturated rings. The number of aryl methyl sites for hydroxylation is 1. The molecular weight excluding hydrogens is 557 g/mol. The van der Waals surface area contributed by atoms with Gasteiger partial charge in [0.25, 0.3) is 17.7 Å². The number of rotatable bonds is 8. The standard InChI is InChI=1S/C29H25Cl2N3O6/c1-4-39-20-10-8-19(9-11-20)34-28(37)21(27(36)33-29(34)38)12-18-13-22(30)26(23(31)14-18)40-15-25(35)32-24-7-5-6-16(2)17(24)3/h5-14H,4,15H2,1-3H3,(H,32,35)(H,33,36,38)/b21-12+. The average molecular weight is 582 g/mol. The van der Waals surface area contributed by atoms with Crippen LogP contribution < -0.4 is 25.0 Å². The van der Waals surface area contributed by atoms with E-state index >= 15 is 0 Å². The minimum absolute atomic E-state index is 0.0574. The number of nitrogens with one attached hydrogen (secondary N) is 2. The second-order valence-electron chi connectivity index (χ2n) is 8.78. The maximum Gasteiger partial charge on any atom is 0.335 e. The van der Waals surface area contributed by atoms with Gasteiger partial charge in [-0.05, 0) is 86.0 Å². The number of imide groups is 2. The summed E-state index contributed by atoms with van der Waals surface area (Å²) in [7, 11) is 0. The minimum Gasteiger partial charge on any atom is -0.494 e. The first kappa shape index (κ1) is 28.7. The molecule has 11 heteroatoms. The number of carbonyl (C=O) groups excluding carboxylic acids is 4. The van der Waals surface area contributed by atoms with E-state index < -0.39 is 23.8 Å². The molecule has 9 nitrogen and oxygen atoms in total. The van der Waals surface area contributed by atoms with E-state index in [-0.39, 0.29) is 33.7 Å². The molecule has 206 valence electrons. The van der Waals surface area contributed by atoms with Crippen molar-refractivity contribution in [1.29, 1.82) is 0 Å². The molecule has 40 heavy (non-hydrogen) atoms. The lowest BCUT2D eigenvalue weighted by atomic mass is 10.1. The van der Waals surface area contributed by atoms with Crippen molar-refractivity contribution < 1.29 is 28.7 Å². The van der Waals surface area contributed by atoms with Crippen molar-refractivity contribution in [3.05, 3.63) is 86.9 Å². The van der Waals surface area contributed by atoms with Gasteiger partial charge in [0.1, 0.15) is 11.3 Å². The molecule has 0 unspecified atom stereocenters. The summed E-state index contributed by atoms with van der Waals surface area (Å²) in [5.41, 5.74) is 2.90. The highest BCUT2D eigenvalue weighted by Gasteiger charge is 2.37. The fourth-order valence-corrected chi connectivity index (χ4v) is 4.54. The summed E-state index contributed by atoms with van der Waals surface area (Å²) in [6, 6.07) is 13.8. The SMILES string of the molecule is CCOc1ccc(N2C(=O)NC(=O)/C(=C\c3cc(Cl)c(OCC(=O)Nc4cccc(C)c4C)c(Cl)c3)C2=O)cc1. The zero-order valence-electron chi connectivity index (χ0n) is 21.8. The summed E-state index contributed by atoms with van der Waals surface area (Å²) in [4.78, 5) is 51.5. The van der Waals surface area contributed by atoms with Gasteiger partial charge in [-0.3, -0.25) is 19.7 Å². The van der Waals surface area contributed by atoms with Gasteiger partial charge in [-0.25, -0.2) is 9.69 Å². The smallest absolute Gasteiger partial charge is 0.335 e. The van der Waals surface area contributed by atoms with Gasteiger partial charge in [0.15, 0.2) is 12.4 Å². The zero-order valence-corrected chi connectivity index (χ0v) is 23.4. The van der Waals surface area contributed by atoms with E-state index in [0.717, 1.165) is 16.0 Å². The zero-order chi connectivity index (χ0) is 29.0. The molecule has 3 aromatic rings. The molecule has 0 aromatic heterocycles. The van der Waals surface area contributed by atoms with Crippen molar-refractivity contribution in [3.8, 4) is 11.5 Å². The Morgan fingerprint density at radius 3 is 2.33 bits per heavy atom. The highest BCUT2D eigenvalue weighted by Crippen LogP contribution is 2.35. The minimum atomic E-state index is -0.879. The third-order valence-corrected chi connectivity index (χ3v) is 6.63. The number of barbiturate groups is 1. The topological polar surface area (TPSA) is 114 Å². The molecule has 2 N–H and O–H groups in total. The van der Waals surface area contributed by atoms with E-state index in [4.69, 9.17) is 32.7 Å². The van der Waals surface area contributed by atoms with Crippen LogP contribution in [0.25, 0.3) is 6.08 Å². The molecule has 1 saturated heterocycles. The lowest BCUT2D eigenvalue weighted by Gasteiger charge is -2.26. The number of carbonyl (C=O) groups is 4. The first-order valence-electron chi connectivity index (χ1n) is 12.2. The molecule has 5 amide bonds. The van der Waals surface area contributed by atoms with Crippen LogP contribution in [0.3, 0.4) is 0 Å². The highest BCUT2D eigenvalue weighted by atomic mass is 35.5. The highest BCUT2D eigenvalue weighted by molar-refractivity contribution is 6.40. The average Bonchev–Trinajstić information content (AvgIpc) is 2.90. The van der Waals surface area contributed by atoms with Crippen LogP contribution in [0.2, 0.25) is 10.0 Å². The lowest BCUT2D eigenvalue weighted by Crippen LogP contribution is -2.54. The van der Waals surface area contributed by atoms with Gasteiger partial charge in [-0.1, -0.05) is 35.3 Å². The normalized spacial score (nSPS) is 14.3. The Labute approximate surface area is 240 Å². The van der Waals surface area contributed by atoms with Gasteiger partial charge in [0, 0.05) is 5.69 Å². The lowest BCUT2D eigenvalue weighted by molar-refractivity contribution is -0.122. The van der Waals surface area contributed by atoms with E-state index in [0.29, 0.717) is 23.6 Å². The third-order valence-electron chi connectivity index (χ3n) is 6.07. The summed E-state index contributed by atoms with van der Waals surface area (Å²) in [5.74, 6) is -1.47. The molecular formula is C29H25Cl2N3O6. The maximum atomic E-state index is 13.2. The first-order valence-corrected chi connectivity index (χ1v) is 13.0. The van der Waals surface area contributed by atoms with Crippen LogP contribution in [0.5, 0.6) is 11.5 Å². The molecule has 0 bridgehead atoms. The van der Waals surface area contributed by atoms with E-state index in [9.17, 15) is 19.2 Å². The number of anilines is 2. The van der Waals surface area contributed by atoms with E-state index in [1.165, 1.54) is 30.3 Å². The van der Waals surface area contributed by atoms with Crippen molar-refractivity contribution in [1.82, 2.24) is 5.32 Å².